The Hall–Kier alpha value is -5.59. The average molecular weight is 859 g/mol. The van der Waals surface area contributed by atoms with E-state index in [0.29, 0.717) is 54.7 Å². The molecule has 2 amide bonds. The van der Waals surface area contributed by atoms with E-state index < -0.39 is 29.0 Å². The first-order chi connectivity index (χ1) is 29.1. The molecule has 15 nitrogen and oxygen atoms in total. The number of piperazine rings is 1. The number of carbonyl (C=O) groups excluding carboxylic acids is 2. The van der Waals surface area contributed by atoms with Crippen LogP contribution in [0.4, 0.5) is 24.5 Å². The molecule has 0 radical (unpaired) electrons. The fourth-order valence-electron chi connectivity index (χ4n) is 10.1. The van der Waals surface area contributed by atoms with Gasteiger partial charge < -0.3 is 29.5 Å². The monoisotopic (exact) mass is 858 g/mol. The molecule has 4 fully saturated rings. The van der Waals surface area contributed by atoms with Crippen molar-refractivity contribution in [3.63, 3.8) is 0 Å². The van der Waals surface area contributed by atoms with Crippen LogP contribution >= 0.6 is 11.6 Å². The highest BCUT2D eigenvalue weighted by atomic mass is 35.5. The Bertz CT molecular complexity index is 2680. The Morgan fingerprint density at radius 3 is 2.48 bits per heavy atom. The lowest BCUT2D eigenvalue weighted by molar-refractivity contribution is -0.137. The van der Waals surface area contributed by atoms with E-state index in [1.807, 2.05) is 24.3 Å². The number of halogens is 4. The van der Waals surface area contributed by atoms with E-state index in [9.17, 15) is 32.7 Å². The summed E-state index contributed by atoms with van der Waals surface area (Å²) in [5, 5.41) is 17.7. The van der Waals surface area contributed by atoms with Crippen LogP contribution in [-0.2, 0) is 34.1 Å². The molecule has 3 atom stereocenters. The summed E-state index contributed by atoms with van der Waals surface area (Å²) < 4.78 is 48.5. The summed E-state index contributed by atoms with van der Waals surface area (Å²) in [7, 11) is 0. The van der Waals surface area contributed by atoms with Gasteiger partial charge in [0, 0.05) is 66.7 Å². The van der Waals surface area contributed by atoms with Gasteiger partial charge in [-0.2, -0.15) is 22.7 Å². The van der Waals surface area contributed by atoms with Crippen molar-refractivity contribution in [3.8, 4) is 17.1 Å². The van der Waals surface area contributed by atoms with Crippen LogP contribution in [0, 0.1) is 12.8 Å². The van der Waals surface area contributed by atoms with E-state index in [0.717, 1.165) is 63.3 Å². The molecule has 1 saturated carbocycles. The lowest BCUT2D eigenvalue weighted by Gasteiger charge is -2.50. The number of nitrogens with zero attached hydrogens (tertiary/aromatic N) is 9. The molecule has 19 heteroatoms. The molecule has 1 spiro atoms. The van der Waals surface area contributed by atoms with Gasteiger partial charge in [-0.05, 0) is 87.9 Å². The molecule has 2 aliphatic carbocycles. The number of alkyl halides is 3. The first kappa shape index (κ1) is 39.5. The number of aromatic nitrogens is 6. The lowest BCUT2D eigenvalue weighted by atomic mass is 9.73. The van der Waals surface area contributed by atoms with Crippen molar-refractivity contribution >= 4 is 40.6 Å². The third-order valence-corrected chi connectivity index (χ3v) is 13.8. The second-order valence-electron chi connectivity index (χ2n) is 17.1. The number of aryl methyl sites for hydroxylation is 1. The molecule has 318 valence electrons. The molecule has 2 aromatic carbocycles. The largest absolute Gasteiger partial charge is 0.504 e. The van der Waals surface area contributed by atoms with Gasteiger partial charge in [-0.15, -0.1) is 5.10 Å². The van der Waals surface area contributed by atoms with Gasteiger partial charge in [0.05, 0.1) is 40.7 Å². The van der Waals surface area contributed by atoms with Gasteiger partial charge in [0.1, 0.15) is 12.9 Å². The van der Waals surface area contributed by atoms with E-state index in [4.69, 9.17) is 26.4 Å². The van der Waals surface area contributed by atoms with Crippen LogP contribution in [0.15, 0.2) is 53.6 Å². The fourth-order valence-corrected chi connectivity index (χ4v) is 10.3. The van der Waals surface area contributed by atoms with Gasteiger partial charge in [0.25, 0.3) is 11.5 Å². The number of benzene rings is 2. The van der Waals surface area contributed by atoms with Crippen LogP contribution in [0.5, 0.6) is 5.75 Å². The van der Waals surface area contributed by atoms with Gasteiger partial charge in [-0.1, -0.05) is 11.6 Å². The minimum absolute atomic E-state index is 0.00235. The van der Waals surface area contributed by atoms with Crippen molar-refractivity contribution in [2.24, 2.45) is 5.92 Å². The maximum atomic E-state index is 14.8. The summed E-state index contributed by atoms with van der Waals surface area (Å²) in [6.45, 7) is 8.88. The Kier molecular flexibility index (Phi) is 9.23. The third-order valence-electron chi connectivity index (χ3n) is 13.5. The molecule has 61 heavy (non-hydrogen) atoms. The highest BCUT2D eigenvalue weighted by Gasteiger charge is 2.63. The molecule has 10 rings (SSSR count). The van der Waals surface area contributed by atoms with E-state index in [-0.39, 0.29) is 63.4 Å². The number of amides is 2. The molecule has 3 aromatic heterocycles. The quantitative estimate of drug-likeness (QED) is 0.233. The number of piperidine rings is 1. The lowest BCUT2D eigenvalue weighted by Crippen LogP contribution is -2.64. The molecule has 3 aliphatic heterocycles. The number of carbonyl (C=O) groups is 2. The SMILES string of the molecule is Cc1ncnc(C(=O)N2CCC3(CCc4c3c(=O)n3nc(-c5ccc(N6CCN(C7(C)COC7)CC6)cc5)nc3n4CC(=O)Nc3ccc(C(F)(F)F)cc3Cl)C3CC32)c1O. The number of anilines is 2. The molecular formula is C42H42ClF3N10O5. The van der Waals surface area contributed by atoms with Crippen molar-refractivity contribution < 1.29 is 32.6 Å². The Labute approximate surface area is 352 Å². The van der Waals surface area contributed by atoms with E-state index in [2.05, 4.69) is 32.0 Å². The molecule has 3 saturated heterocycles. The van der Waals surface area contributed by atoms with Crippen molar-refractivity contribution in [2.75, 3.05) is 56.2 Å². The zero-order valence-corrected chi connectivity index (χ0v) is 34.1. The summed E-state index contributed by atoms with van der Waals surface area (Å²) >= 11 is 6.22. The number of fused-ring (bicyclic) bond motifs is 5. The highest BCUT2D eigenvalue weighted by Crippen LogP contribution is 2.60. The maximum Gasteiger partial charge on any atom is 0.416 e. The zero-order chi connectivity index (χ0) is 42.6. The minimum Gasteiger partial charge on any atom is -0.504 e. The number of aromatic hydroxyl groups is 1. The summed E-state index contributed by atoms with van der Waals surface area (Å²) in [6, 6.07) is 10.4. The van der Waals surface area contributed by atoms with Crippen LogP contribution in [0.1, 0.15) is 59.2 Å². The topological polar surface area (TPSA) is 163 Å². The second-order valence-corrected chi connectivity index (χ2v) is 17.5. The van der Waals surface area contributed by atoms with Crippen molar-refractivity contribution in [2.45, 2.75) is 69.2 Å². The number of hydrogen-bond acceptors (Lipinski definition) is 11. The van der Waals surface area contributed by atoms with Gasteiger partial charge in [0.15, 0.2) is 17.3 Å². The first-order valence-electron chi connectivity index (χ1n) is 20.3. The summed E-state index contributed by atoms with van der Waals surface area (Å²) in [5.74, 6) is -0.893. The number of likely N-dealkylation sites (tertiary alicyclic amines) is 1. The molecule has 3 unspecified atom stereocenters. The normalized spacial score (nSPS) is 23.2. The first-order valence-corrected chi connectivity index (χ1v) is 20.7. The van der Waals surface area contributed by atoms with E-state index in [1.165, 1.54) is 10.8 Å². The van der Waals surface area contributed by atoms with Gasteiger partial charge >= 0.3 is 6.18 Å². The van der Waals surface area contributed by atoms with Crippen LogP contribution in [-0.4, -0.2) is 113 Å². The Morgan fingerprint density at radius 1 is 1.03 bits per heavy atom. The maximum absolute atomic E-state index is 14.8. The standard InChI is InChI=1S/C42H42ClF3N10O5/c1-23-35(58)34(48-22-47-23)38(60)54-12-11-41(27-18-31(27)54)10-9-30-33(41)37(59)56-39(55(30)19-32(57)49-29-8-5-25(17-28(29)43)42(44,45)46)50-36(51-56)24-3-6-26(7-4-24)52-13-15-53(16-14-52)40(2)20-61-21-40/h3-8,17,22,27,31,58H,9-16,18-21H2,1-2H3,(H,49,57). The van der Waals surface area contributed by atoms with Crippen molar-refractivity contribution in [1.82, 2.24) is 38.9 Å². The average Bonchev–Trinajstić information content (AvgIpc) is 3.78. The summed E-state index contributed by atoms with van der Waals surface area (Å²) in [4.78, 5) is 61.7. The van der Waals surface area contributed by atoms with Crippen LogP contribution in [0.2, 0.25) is 5.02 Å². The third kappa shape index (κ3) is 6.52. The number of hydrogen-bond donors (Lipinski definition) is 2. The molecular weight excluding hydrogens is 817 g/mol. The van der Waals surface area contributed by atoms with Gasteiger partial charge in [-0.3, -0.25) is 19.3 Å². The van der Waals surface area contributed by atoms with E-state index in [1.54, 1.807) is 16.4 Å². The zero-order valence-electron chi connectivity index (χ0n) is 33.4. The number of rotatable bonds is 7. The van der Waals surface area contributed by atoms with Crippen molar-refractivity contribution in [3.05, 3.63) is 92.4 Å². The van der Waals surface area contributed by atoms with Gasteiger partial charge in [-0.25, -0.2) is 9.97 Å². The number of nitrogens with one attached hydrogen (secondary N) is 1. The molecule has 2 N–H and O–H groups in total. The van der Waals surface area contributed by atoms with Crippen LogP contribution < -0.4 is 15.8 Å². The van der Waals surface area contributed by atoms with Crippen molar-refractivity contribution in [1.29, 1.82) is 0 Å². The van der Waals surface area contributed by atoms with Gasteiger partial charge in [0.2, 0.25) is 11.7 Å². The molecule has 6 heterocycles. The minimum atomic E-state index is -4.62. The molecule has 0 bridgehead atoms. The smallest absolute Gasteiger partial charge is 0.416 e. The Morgan fingerprint density at radius 2 is 1.79 bits per heavy atom. The van der Waals surface area contributed by atoms with Crippen LogP contribution in [0.25, 0.3) is 17.2 Å². The highest BCUT2D eigenvalue weighted by molar-refractivity contribution is 6.33. The van der Waals surface area contributed by atoms with Crippen LogP contribution in [0.3, 0.4) is 0 Å². The predicted octanol–water partition coefficient (Wildman–Crippen LogP) is 4.70. The second kappa shape index (κ2) is 14.2. The van der Waals surface area contributed by atoms with E-state index >= 15 is 0 Å². The Balaban J connectivity index is 0.976. The summed E-state index contributed by atoms with van der Waals surface area (Å²) in [6.07, 6.45) is -1.25. The fraction of sp³-hybridized carbons (Fsp3) is 0.452. The molecule has 5 aliphatic rings. The molecule has 5 aromatic rings. The predicted molar refractivity (Wildman–Crippen MR) is 217 cm³/mol. The summed E-state index contributed by atoms with van der Waals surface area (Å²) in [5.41, 5.74) is 1.27. The number of ether oxygens (including phenoxy) is 1.